The minimum Gasteiger partial charge on any atom is -0.461 e. The molecule has 4 rings (SSSR count). The average molecular weight is 487 g/mol. The lowest BCUT2D eigenvalue weighted by molar-refractivity contribution is -0.117. The molecule has 0 fully saturated rings. The summed E-state index contributed by atoms with van der Waals surface area (Å²) in [5.74, 6) is 0.359. The van der Waals surface area contributed by atoms with Gasteiger partial charge in [-0.25, -0.2) is 9.18 Å². The van der Waals surface area contributed by atoms with E-state index in [0.717, 1.165) is 23.1 Å². The Morgan fingerprint density at radius 1 is 0.972 bits per heavy atom. The fourth-order valence-electron chi connectivity index (χ4n) is 3.72. The van der Waals surface area contributed by atoms with Crippen molar-refractivity contribution in [3.05, 3.63) is 101 Å². The molecule has 184 valence electrons. The molecule has 2 aromatic heterocycles. The molecule has 0 aliphatic rings. The lowest BCUT2D eigenvalue weighted by Crippen LogP contribution is -2.08. The smallest absolute Gasteiger partial charge is 0.354 e. The van der Waals surface area contributed by atoms with E-state index in [1.807, 2.05) is 26.0 Å². The Morgan fingerprint density at radius 2 is 1.78 bits per heavy atom. The first-order valence-corrected chi connectivity index (χ1v) is 11.8. The highest BCUT2D eigenvalue weighted by Crippen LogP contribution is 2.27. The maximum atomic E-state index is 14.0. The number of H-pyrrole nitrogens is 1. The van der Waals surface area contributed by atoms with Crippen LogP contribution in [0.25, 0.3) is 11.3 Å². The second-order valence-electron chi connectivity index (χ2n) is 8.55. The Labute approximate surface area is 209 Å². The molecule has 0 unspecified atom stereocenters. The van der Waals surface area contributed by atoms with Crippen molar-refractivity contribution in [2.75, 3.05) is 6.61 Å². The van der Waals surface area contributed by atoms with Crippen LogP contribution in [0.15, 0.2) is 73.1 Å². The van der Waals surface area contributed by atoms with Crippen molar-refractivity contribution in [2.24, 2.45) is 0 Å². The molecule has 0 aliphatic heterocycles. The summed E-state index contributed by atoms with van der Waals surface area (Å²) in [7, 11) is 0. The second-order valence-corrected chi connectivity index (χ2v) is 8.55. The van der Waals surface area contributed by atoms with Gasteiger partial charge in [0, 0.05) is 36.9 Å². The van der Waals surface area contributed by atoms with Gasteiger partial charge in [-0.05, 0) is 54.8 Å². The number of hydrogen-bond acceptors (Lipinski definition) is 5. The van der Waals surface area contributed by atoms with Crippen molar-refractivity contribution < 1.29 is 23.5 Å². The van der Waals surface area contributed by atoms with Gasteiger partial charge in [-0.3, -0.25) is 9.78 Å². The lowest BCUT2D eigenvalue weighted by Gasteiger charge is -2.08. The van der Waals surface area contributed by atoms with Gasteiger partial charge in [0.25, 0.3) is 0 Å². The number of benzene rings is 2. The molecule has 4 aromatic rings. The molecule has 2 aromatic carbocycles. The molecule has 0 amide bonds. The Hall–Kier alpha value is -4.26. The number of pyridine rings is 1. The van der Waals surface area contributed by atoms with Crippen molar-refractivity contribution in [3.63, 3.8) is 0 Å². The molecule has 6 nitrogen and oxygen atoms in total. The quantitative estimate of drug-likeness (QED) is 0.269. The van der Waals surface area contributed by atoms with Gasteiger partial charge in [0.2, 0.25) is 0 Å². The molecule has 0 saturated heterocycles. The number of nitrogens with one attached hydrogen (secondary N) is 1. The third-order valence-corrected chi connectivity index (χ3v) is 5.52. The van der Waals surface area contributed by atoms with Crippen molar-refractivity contribution >= 4 is 11.8 Å². The van der Waals surface area contributed by atoms with Gasteiger partial charge in [0.1, 0.15) is 28.8 Å². The number of carbonyl (C=O) groups is 2. The second kappa shape index (κ2) is 11.4. The van der Waals surface area contributed by atoms with Gasteiger partial charge >= 0.3 is 5.97 Å². The molecular formula is C29H27FN2O4. The van der Waals surface area contributed by atoms with Gasteiger partial charge in [-0.1, -0.05) is 36.8 Å². The van der Waals surface area contributed by atoms with E-state index in [4.69, 9.17) is 9.47 Å². The highest BCUT2D eigenvalue weighted by Gasteiger charge is 2.13. The summed E-state index contributed by atoms with van der Waals surface area (Å²) in [6, 6.07) is 17.2. The zero-order chi connectivity index (χ0) is 25.5. The molecule has 1 N–H and O–H groups in total. The number of aromatic nitrogens is 2. The van der Waals surface area contributed by atoms with E-state index in [1.165, 1.54) is 6.07 Å². The SMILES string of the molecule is CCCOC(=O)c1cc(-c2cc(Oc3ccc(CC(=O)Cc4cc(C)ccc4F)cc3)ccn2)c[nH]1. The summed E-state index contributed by atoms with van der Waals surface area (Å²) in [4.78, 5) is 31.8. The van der Waals surface area contributed by atoms with Gasteiger partial charge in [-0.2, -0.15) is 0 Å². The first-order valence-electron chi connectivity index (χ1n) is 11.8. The number of nitrogens with zero attached hydrogens (tertiary/aromatic N) is 1. The predicted octanol–water partition coefficient (Wildman–Crippen LogP) is 6.24. The summed E-state index contributed by atoms with van der Waals surface area (Å²) in [6.45, 7) is 4.18. The molecule has 36 heavy (non-hydrogen) atoms. The number of rotatable bonds is 10. The fraction of sp³-hybridized carbons (Fsp3) is 0.207. The fourth-order valence-corrected chi connectivity index (χ4v) is 3.72. The Bertz CT molecular complexity index is 1360. The van der Waals surface area contributed by atoms with Crippen LogP contribution in [-0.2, 0) is 22.4 Å². The lowest BCUT2D eigenvalue weighted by atomic mass is 10.0. The largest absolute Gasteiger partial charge is 0.461 e. The third kappa shape index (κ3) is 6.44. The minimum absolute atomic E-state index is 0.0583. The molecule has 2 heterocycles. The van der Waals surface area contributed by atoms with E-state index in [0.29, 0.717) is 35.1 Å². The number of hydrogen-bond donors (Lipinski definition) is 1. The maximum absolute atomic E-state index is 14.0. The van der Waals surface area contributed by atoms with Crippen LogP contribution in [0.1, 0.15) is 40.5 Å². The van der Waals surface area contributed by atoms with Crippen LogP contribution >= 0.6 is 0 Å². The topological polar surface area (TPSA) is 81.3 Å². The molecule has 0 spiro atoms. The van der Waals surface area contributed by atoms with Crippen molar-refractivity contribution in [1.82, 2.24) is 9.97 Å². The summed E-state index contributed by atoms with van der Waals surface area (Å²) >= 11 is 0. The number of carbonyl (C=O) groups excluding carboxylic acids is 2. The Kier molecular flexibility index (Phi) is 7.90. The summed E-state index contributed by atoms with van der Waals surface area (Å²) in [5, 5.41) is 0. The van der Waals surface area contributed by atoms with Crippen LogP contribution in [0.3, 0.4) is 0 Å². The standard InChI is InChI=1S/C29H27FN2O4/c1-3-12-35-29(34)28-16-22(18-32-28)27-17-25(10-11-31-27)36-24-7-5-20(6-8-24)14-23(33)15-21-13-19(2)4-9-26(21)30/h4-11,13,16-18,32H,3,12,14-15H2,1-2H3. The van der Waals surface area contributed by atoms with Gasteiger partial charge < -0.3 is 14.5 Å². The maximum Gasteiger partial charge on any atom is 0.354 e. The summed E-state index contributed by atoms with van der Waals surface area (Å²) < 4.78 is 25.1. The zero-order valence-electron chi connectivity index (χ0n) is 20.2. The highest BCUT2D eigenvalue weighted by molar-refractivity contribution is 5.89. The zero-order valence-corrected chi connectivity index (χ0v) is 20.2. The minimum atomic E-state index is -0.405. The number of esters is 1. The third-order valence-electron chi connectivity index (χ3n) is 5.52. The molecular weight excluding hydrogens is 459 g/mol. The van der Waals surface area contributed by atoms with Crippen molar-refractivity contribution in [1.29, 1.82) is 0 Å². The number of aryl methyl sites for hydroxylation is 1. The summed E-state index contributed by atoms with van der Waals surface area (Å²) in [5.41, 5.74) is 3.91. The summed E-state index contributed by atoms with van der Waals surface area (Å²) in [6.07, 6.45) is 4.35. The molecule has 7 heteroatoms. The van der Waals surface area contributed by atoms with Gasteiger partial charge in [0.15, 0.2) is 0 Å². The first-order chi connectivity index (χ1) is 17.4. The van der Waals surface area contributed by atoms with Crippen molar-refractivity contribution in [2.45, 2.75) is 33.1 Å². The van der Waals surface area contributed by atoms with E-state index in [-0.39, 0.29) is 24.4 Å². The molecule has 0 bridgehead atoms. The molecule has 0 atom stereocenters. The number of ketones is 1. The first kappa shape index (κ1) is 24.9. The van der Waals surface area contributed by atoms with Crippen LogP contribution in [0.2, 0.25) is 0 Å². The number of halogens is 1. The van der Waals surface area contributed by atoms with Crippen LogP contribution < -0.4 is 4.74 Å². The van der Waals surface area contributed by atoms with E-state index < -0.39 is 5.97 Å². The average Bonchev–Trinajstić information content (AvgIpc) is 3.37. The number of Topliss-reactive ketones (excluding diaryl/α,β-unsaturated/α-hetero) is 1. The Morgan fingerprint density at radius 3 is 2.56 bits per heavy atom. The van der Waals surface area contributed by atoms with E-state index in [9.17, 15) is 14.0 Å². The van der Waals surface area contributed by atoms with Crippen LogP contribution in [-0.4, -0.2) is 28.3 Å². The number of aromatic amines is 1. The molecule has 0 saturated carbocycles. The monoisotopic (exact) mass is 486 g/mol. The Balaban J connectivity index is 1.37. The van der Waals surface area contributed by atoms with E-state index >= 15 is 0 Å². The van der Waals surface area contributed by atoms with Gasteiger partial charge in [0.05, 0.1) is 12.3 Å². The van der Waals surface area contributed by atoms with E-state index in [1.54, 1.807) is 54.9 Å². The molecule has 0 aliphatic carbocycles. The predicted molar refractivity (Wildman–Crippen MR) is 135 cm³/mol. The van der Waals surface area contributed by atoms with Gasteiger partial charge in [-0.15, -0.1) is 0 Å². The van der Waals surface area contributed by atoms with Crippen molar-refractivity contribution in [3.8, 4) is 22.8 Å². The van der Waals surface area contributed by atoms with Crippen LogP contribution in [0.5, 0.6) is 11.5 Å². The van der Waals surface area contributed by atoms with Crippen LogP contribution in [0, 0.1) is 12.7 Å². The normalized spacial score (nSPS) is 10.8. The highest BCUT2D eigenvalue weighted by atomic mass is 19.1. The van der Waals surface area contributed by atoms with E-state index in [2.05, 4.69) is 9.97 Å². The van der Waals surface area contributed by atoms with Crippen LogP contribution in [0.4, 0.5) is 4.39 Å². The molecule has 0 radical (unpaired) electrons. The number of ether oxygens (including phenoxy) is 2.